The van der Waals surface area contributed by atoms with Crippen LogP contribution in [0.3, 0.4) is 0 Å². The first kappa shape index (κ1) is 20.2. The number of aliphatic imine (C=N–C) groups is 1. The van der Waals surface area contributed by atoms with Gasteiger partial charge in [-0.1, -0.05) is 25.7 Å². The maximum Gasteiger partial charge on any atom is 0.191 e. The summed E-state index contributed by atoms with van der Waals surface area (Å²) in [6.07, 6.45) is 15.8. The van der Waals surface area contributed by atoms with Gasteiger partial charge in [0.05, 0.1) is 12.7 Å². The Morgan fingerprint density at radius 2 is 1.85 bits per heavy atom. The molecule has 1 aliphatic carbocycles. The van der Waals surface area contributed by atoms with E-state index in [1.165, 1.54) is 70.0 Å². The van der Waals surface area contributed by atoms with E-state index in [4.69, 9.17) is 4.99 Å². The van der Waals surface area contributed by atoms with Crippen molar-refractivity contribution in [2.45, 2.75) is 70.3 Å². The summed E-state index contributed by atoms with van der Waals surface area (Å²) in [4.78, 5) is 7.83. The van der Waals surface area contributed by atoms with Crippen LogP contribution in [-0.2, 0) is 13.5 Å². The summed E-state index contributed by atoms with van der Waals surface area (Å²) < 4.78 is 1.86. The number of nitrogens with one attached hydrogen (secondary N) is 2. The molecule has 27 heavy (non-hydrogen) atoms. The molecule has 152 valence electrons. The van der Waals surface area contributed by atoms with Gasteiger partial charge in [-0.2, -0.15) is 5.10 Å². The lowest BCUT2D eigenvalue weighted by molar-refractivity contribution is 0.0407. The van der Waals surface area contributed by atoms with Gasteiger partial charge in [-0.15, -0.1) is 0 Å². The topological polar surface area (TPSA) is 57.5 Å². The van der Waals surface area contributed by atoms with Gasteiger partial charge in [0.2, 0.25) is 0 Å². The van der Waals surface area contributed by atoms with Gasteiger partial charge in [0, 0.05) is 31.9 Å². The van der Waals surface area contributed by atoms with Gasteiger partial charge in [-0.25, -0.2) is 0 Å². The van der Waals surface area contributed by atoms with Gasteiger partial charge in [0.15, 0.2) is 5.96 Å². The van der Waals surface area contributed by atoms with E-state index in [-0.39, 0.29) is 0 Å². The van der Waals surface area contributed by atoms with E-state index in [1.807, 2.05) is 17.9 Å². The molecular weight excluding hydrogens is 336 g/mol. The van der Waals surface area contributed by atoms with Gasteiger partial charge >= 0.3 is 0 Å². The van der Waals surface area contributed by atoms with Crippen molar-refractivity contribution >= 4 is 5.96 Å². The second-order valence-corrected chi connectivity index (χ2v) is 8.23. The van der Waals surface area contributed by atoms with Crippen molar-refractivity contribution in [2.24, 2.45) is 12.0 Å². The normalized spacial score (nSPS) is 21.2. The average molecular weight is 375 g/mol. The minimum absolute atomic E-state index is 0.296. The second-order valence-electron chi connectivity index (χ2n) is 8.23. The van der Waals surface area contributed by atoms with Crippen molar-refractivity contribution in [3.05, 3.63) is 18.0 Å². The smallest absolute Gasteiger partial charge is 0.191 e. The molecule has 1 aromatic rings. The van der Waals surface area contributed by atoms with Crippen LogP contribution in [-0.4, -0.2) is 58.9 Å². The highest BCUT2D eigenvalue weighted by Crippen LogP contribution is 2.35. The quantitative estimate of drug-likeness (QED) is 0.569. The molecule has 0 unspecified atom stereocenters. The van der Waals surface area contributed by atoms with Crippen LogP contribution in [0.4, 0.5) is 0 Å². The molecule has 2 heterocycles. The summed E-state index contributed by atoms with van der Waals surface area (Å²) >= 11 is 0. The summed E-state index contributed by atoms with van der Waals surface area (Å²) in [6.45, 7) is 7.37. The van der Waals surface area contributed by atoms with Crippen molar-refractivity contribution in [2.75, 3.05) is 32.7 Å². The number of piperidine rings is 1. The van der Waals surface area contributed by atoms with Crippen LogP contribution in [0.25, 0.3) is 0 Å². The highest BCUT2D eigenvalue weighted by molar-refractivity contribution is 5.79. The fourth-order valence-electron chi connectivity index (χ4n) is 4.65. The fourth-order valence-corrected chi connectivity index (χ4v) is 4.65. The molecule has 0 bridgehead atoms. The van der Waals surface area contributed by atoms with E-state index >= 15 is 0 Å². The van der Waals surface area contributed by atoms with E-state index in [2.05, 4.69) is 33.8 Å². The number of hydrogen-bond donors (Lipinski definition) is 2. The molecule has 2 fully saturated rings. The standard InChI is InChI=1S/C21H38N6/c1-3-22-20(23-13-10-19-16-25-26(2)17-19)24-18-21(11-6-4-7-12-21)27-14-8-5-9-15-27/h16-17H,3-15,18H2,1-2H3,(H2,22,23,24). The molecule has 0 radical (unpaired) electrons. The maximum atomic E-state index is 5.05. The zero-order chi connectivity index (χ0) is 19.0. The zero-order valence-corrected chi connectivity index (χ0v) is 17.3. The molecule has 0 aromatic carbocycles. The summed E-state index contributed by atoms with van der Waals surface area (Å²) in [5.41, 5.74) is 1.56. The predicted octanol–water partition coefficient (Wildman–Crippen LogP) is 2.71. The number of likely N-dealkylation sites (tertiary alicyclic amines) is 1. The Bertz CT molecular complexity index is 581. The molecule has 6 nitrogen and oxygen atoms in total. The Labute approximate surface area is 164 Å². The first-order chi connectivity index (χ1) is 13.2. The van der Waals surface area contributed by atoms with Gasteiger partial charge in [0.25, 0.3) is 0 Å². The second kappa shape index (κ2) is 10.1. The highest BCUT2D eigenvalue weighted by atomic mass is 15.2. The molecule has 1 aliphatic heterocycles. The summed E-state index contributed by atoms with van der Waals surface area (Å²) in [6, 6.07) is 0. The first-order valence-corrected chi connectivity index (χ1v) is 11.0. The van der Waals surface area contributed by atoms with Crippen LogP contribution < -0.4 is 10.6 Å². The van der Waals surface area contributed by atoms with Crippen LogP contribution in [0.1, 0.15) is 63.9 Å². The lowest BCUT2D eigenvalue weighted by Crippen LogP contribution is -2.54. The third-order valence-electron chi connectivity index (χ3n) is 6.15. The zero-order valence-electron chi connectivity index (χ0n) is 17.3. The summed E-state index contributed by atoms with van der Waals surface area (Å²) in [5, 5.41) is 11.2. The number of hydrogen-bond acceptors (Lipinski definition) is 3. The van der Waals surface area contributed by atoms with Gasteiger partial charge < -0.3 is 10.6 Å². The molecule has 0 amide bonds. The van der Waals surface area contributed by atoms with Crippen LogP contribution in [0.2, 0.25) is 0 Å². The average Bonchev–Trinajstić information content (AvgIpc) is 3.12. The Hall–Kier alpha value is -1.56. The first-order valence-electron chi connectivity index (χ1n) is 11.0. The van der Waals surface area contributed by atoms with E-state index in [1.54, 1.807) is 0 Å². The Morgan fingerprint density at radius 1 is 1.11 bits per heavy atom. The monoisotopic (exact) mass is 374 g/mol. The molecular formula is C21H38N6. The van der Waals surface area contributed by atoms with Crippen molar-refractivity contribution in [3.8, 4) is 0 Å². The van der Waals surface area contributed by atoms with Crippen molar-refractivity contribution in [3.63, 3.8) is 0 Å². The number of aryl methyl sites for hydroxylation is 1. The lowest BCUT2D eigenvalue weighted by Gasteiger charge is -2.47. The van der Waals surface area contributed by atoms with Crippen LogP contribution >= 0.6 is 0 Å². The Morgan fingerprint density at radius 3 is 2.52 bits per heavy atom. The van der Waals surface area contributed by atoms with E-state index < -0.39 is 0 Å². The number of aromatic nitrogens is 2. The minimum atomic E-state index is 0.296. The molecule has 2 N–H and O–H groups in total. The molecule has 1 saturated carbocycles. The number of nitrogens with zero attached hydrogens (tertiary/aromatic N) is 4. The number of rotatable bonds is 7. The van der Waals surface area contributed by atoms with Crippen LogP contribution in [0, 0.1) is 0 Å². The fraction of sp³-hybridized carbons (Fsp3) is 0.810. The highest BCUT2D eigenvalue weighted by Gasteiger charge is 2.38. The molecule has 1 saturated heterocycles. The molecule has 2 aliphatic rings. The number of guanidine groups is 1. The molecule has 6 heteroatoms. The van der Waals surface area contributed by atoms with Crippen molar-refractivity contribution < 1.29 is 0 Å². The van der Waals surface area contributed by atoms with Gasteiger partial charge in [-0.3, -0.25) is 14.6 Å². The van der Waals surface area contributed by atoms with E-state index in [0.29, 0.717) is 5.54 Å². The third kappa shape index (κ3) is 5.71. The lowest BCUT2D eigenvalue weighted by atomic mass is 9.79. The third-order valence-corrected chi connectivity index (χ3v) is 6.15. The summed E-state index contributed by atoms with van der Waals surface area (Å²) in [5.74, 6) is 0.961. The van der Waals surface area contributed by atoms with Crippen molar-refractivity contribution in [1.82, 2.24) is 25.3 Å². The van der Waals surface area contributed by atoms with E-state index in [0.717, 1.165) is 32.0 Å². The molecule has 3 rings (SSSR count). The Balaban J connectivity index is 1.60. The summed E-state index contributed by atoms with van der Waals surface area (Å²) in [7, 11) is 1.96. The predicted molar refractivity (Wildman–Crippen MR) is 112 cm³/mol. The van der Waals surface area contributed by atoms with Gasteiger partial charge in [0.1, 0.15) is 0 Å². The largest absolute Gasteiger partial charge is 0.357 e. The van der Waals surface area contributed by atoms with Gasteiger partial charge in [-0.05, 0) is 57.7 Å². The van der Waals surface area contributed by atoms with Crippen molar-refractivity contribution in [1.29, 1.82) is 0 Å². The maximum absolute atomic E-state index is 5.05. The molecule has 0 spiro atoms. The SMILES string of the molecule is CCNC(=NCC1(N2CCCCC2)CCCCC1)NCCc1cnn(C)c1. The van der Waals surface area contributed by atoms with Crippen LogP contribution in [0.15, 0.2) is 17.4 Å². The van der Waals surface area contributed by atoms with Crippen LogP contribution in [0.5, 0.6) is 0 Å². The Kier molecular flexibility index (Phi) is 7.56. The minimum Gasteiger partial charge on any atom is -0.357 e. The van der Waals surface area contributed by atoms with E-state index in [9.17, 15) is 0 Å². The molecule has 0 atom stereocenters. The molecule has 1 aromatic heterocycles.